The van der Waals surface area contributed by atoms with Gasteiger partial charge < -0.3 is 14.8 Å². The second-order valence-corrected chi connectivity index (χ2v) is 8.35. The van der Waals surface area contributed by atoms with Gasteiger partial charge in [0.05, 0.1) is 12.0 Å². The fourth-order valence-corrected chi connectivity index (χ4v) is 4.41. The molecule has 0 spiro atoms. The van der Waals surface area contributed by atoms with E-state index in [9.17, 15) is 13.2 Å². The van der Waals surface area contributed by atoms with Gasteiger partial charge in [0.2, 0.25) is 10.0 Å². The van der Waals surface area contributed by atoms with E-state index in [-0.39, 0.29) is 17.4 Å². The summed E-state index contributed by atoms with van der Waals surface area (Å²) in [5.74, 6) is 0.655. The van der Waals surface area contributed by atoms with Crippen molar-refractivity contribution in [2.75, 3.05) is 32.1 Å². The van der Waals surface area contributed by atoms with Gasteiger partial charge in [-0.3, -0.25) is 4.79 Å². The van der Waals surface area contributed by atoms with Crippen molar-refractivity contribution in [1.82, 2.24) is 4.31 Å². The van der Waals surface area contributed by atoms with E-state index in [0.29, 0.717) is 30.3 Å². The summed E-state index contributed by atoms with van der Waals surface area (Å²) in [6.45, 7) is 4.67. The summed E-state index contributed by atoms with van der Waals surface area (Å²) >= 11 is 0. The van der Waals surface area contributed by atoms with Gasteiger partial charge in [0.25, 0.3) is 5.91 Å². The van der Waals surface area contributed by atoms with E-state index in [1.54, 1.807) is 30.3 Å². The average Bonchev–Trinajstić information content (AvgIpc) is 2.72. The summed E-state index contributed by atoms with van der Waals surface area (Å²) in [5.41, 5.74) is 0.495. The predicted octanol–water partition coefficient (Wildman–Crippen LogP) is 3.52. The molecule has 0 fully saturated rings. The SMILES string of the molecule is CCCN(CCC)S(=O)(=O)c1ccc(NC(=O)COc2ccccc2OC)cc1. The third kappa shape index (κ3) is 6.20. The molecular weight excluding hydrogens is 392 g/mol. The van der Waals surface area contributed by atoms with Crippen molar-refractivity contribution in [3.05, 3.63) is 48.5 Å². The third-order valence-electron chi connectivity index (χ3n) is 4.15. The van der Waals surface area contributed by atoms with E-state index in [0.717, 1.165) is 12.8 Å². The normalized spacial score (nSPS) is 11.3. The zero-order valence-electron chi connectivity index (χ0n) is 17.1. The van der Waals surface area contributed by atoms with Crippen LogP contribution in [0.15, 0.2) is 53.4 Å². The largest absolute Gasteiger partial charge is 0.493 e. The van der Waals surface area contributed by atoms with Gasteiger partial charge in [0.1, 0.15) is 0 Å². The molecule has 158 valence electrons. The molecule has 0 saturated heterocycles. The molecule has 1 N–H and O–H groups in total. The second-order valence-electron chi connectivity index (χ2n) is 6.42. The van der Waals surface area contributed by atoms with E-state index >= 15 is 0 Å². The Morgan fingerprint density at radius 1 is 0.966 bits per heavy atom. The maximum atomic E-state index is 12.8. The Labute approximate surface area is 172 Å². The highest BCUT2D eigenvalue weighted by atomic mass is 32.2. The number of hydrogen-bond acceptors (Lipinski definition) is 5. The van der Waals surface area contributed by atoms with Crippen LogP contribution in [0.25, 0.3) is 0 Å². The van der Waals surface area contributed by atoms with Crippen LogP contribution in [-0.2, 0) is 14.8 Å². The number of nitrogens with one attached hydrogen (secondary N) is 1. The third-order valence-corrected chi connectivity index (χ3v) is 6.06. The lowest BCUT2D eigenvalue weighted by molar-refractivity contribution is -0.118. The monoisotopic (exact) mass is 420 g/mol. The highest BCUT2D eigenvalue weighted by Gasteiger charge is 2.22. The lowest BCUT2D eigenvalue weighted by atomic mass is 10.3. The van der Waals surface area contributed by atoms with Crippen LogP contribution in [0.1, 0.15) is 26.7 Å². The number of carbonyl (C=O) groups excluding carboxylic acids is 1. The molecular formula is C21H28N2O5S. The van der Waals surface area contributed by atoms with Gasteiger partial charge >= 0.3 is 0 Å². The zero-order chi connectivity index (χ0) is 21.3. The van der Waals surface area contributed by atoms with E-state index in [4.69, 9.17) is 9.47 Å². The summed E-state index contributed by atoms with van der Waals surface area (Å²) in [6.07, 6.45) is 1.50. The fraction of sp³-hybridized carbons (Fsp3) is 0.381. The van der Waals surface area contributed by atoms with Crippen LogP contribution in [0.2, 0.25) is 0 Å². The number of amides is 1. The molecule has 0 aliphatic carbocycles. The van der Waals surface area contributed by atoms with E-state index < -0.39 is 10.0 Å². The minimum absolute atomic E-state index is 0.193. The Balaban J connectivity index is 2.00. The van der Waals surface area contributed by atoms with Gasteiger partial charge in [-0.25, -0.2) is 8.42 Å². The molecule has 0 unspecified atom stereocenters. The Morgan fingerprint density at radius 3 is 2.10 bits per heavy atom. The first kappa shape index (κ1) is 22.7. The van der Waals surface area contributed by atoms with Gasteiger partial charge in [0, 0.05) is 18.8 Å². The van der Waals surface area contributed by atoms with Crippen LogP contribution in [0.5, 0.6) is 11.5 Å². The lowest BCUT2D eigenvalue weighted by Crippen LogP contribution is -2.32. The number of rotatable bonds is 11. The molecule has 0 radical (unpaired) electrons. The van der Waals surface area contributed by atoms with Gasteiger partial charge in [-0.1, -0.05) is 26.0 Å². The van der Waals surface area contributed by atoms with Crippen LogP contribution in [-0.4, -0.2) is 45.4 Å². The minimum Gasteiger partial charge on any atom is -0.493 e. The molecule has 1 amide bonds. The average molecular weight is 421 g/mol. The lowest BCUT2D eigenvalue weighted by Gasteiger charge is -2.21. The van der Waals surface area contributed by atoms with Crippen LogP contribution < -0.4 is 14.8 Å². The van der Waals surface area contributed by atoms with Gasteiger partial charge in [-0.2, -0.15) is 4.31 Å². The molecule has 2 rings (SSSR count). The summed E-state index contributed by atoms with van der Waals surface area (Å²) in [6, 6.07) is 13.2. The van der Waals surface area contributed by atoms with Crippen molar-refractivity contribution >= 4 is 21.6 Å². The smallest absolute Gasteiger partial charge is 0.262 e. The van der Waals surface area contributed by atoms with Gasteiger partial charge in [-0.05, 0) is 49.2 Å². The number of benzene rings is 2. The summed E-state index contributed by atoms with van der Waals surface area (Å²) in [7, 11) is -2.01. The van der Waals surface area contributed by atoms with Gasteiger partial charge in [0.15, 0.2) is 18.1 Å². The Hall–Kier alpha value is -2.58. The number of ether oxygens (including phenoxy) is 2. The molecule has 0 aliphatic heterocycles. The van der Waals surface area contributed by atoms with Crippen molar-refractivity contribution in [1.29, 1.82) is 0 Å². The summed E-state index contributed by atoms with van der Waals surface area (Å²) < 4.78 is 37.7. The zero-order valence-corrected chi connectivity index (χ0v) is 17.9. The van der Waals surface area contributed by atoms with E-state index in [1.165, 1.54) is 23.5 Å². The maximum absolute atomic E-state index is 12.8. The van der Waals surface area contributed by atoms with Crippen molar-refractivity contribution in [2.45, 2.75) is 31.6 Å². The van der Waals surface area contributed by atoms with E-state index in [1.807, 2.05) is 19.9 Å². The predicted molar refractivity (Wildman–Crippen MR) is 113 cm³/mol. The topological polar surface area (TPSA) is 84.9 Å². The van der Waals surface area contributed by atoms with Crippen LogP contribution in [0, 0.1) is 0 Å². The van der Waals surface area contributed by atoms with Crippen LogP contribution in [0.4, 0.5) is 5.69 Å². The highest BCUT2D eigenvalue weighted by molar-refractivity contribution is 7.89. The Bertz CT molecular complexity index is 892. The molecule has 0 bridgehead atoms. The van der Waals surface area contributed by atoms with Crippen molar-refractivity contribution in [3.63, 3.8) is 0 Å². The number of anilines is 1. The molecule has 29 heavy (non-hydrogen) atoms. The molecule has 7 nitrogen and oxygen atoms in total. The molecule has 2 aromatic carbocycles. The first-order chi connectivity index (χ1) is 13.9. The molecule has 0 aliphatic rings. The summed E-state index contributed by atoms with van der Waals surface area (Å²) in [4.78, 5) is 12.4. The molecule has 0 saturated carbocycles. The molecule has 0 aromatic heterocycles. The van der Waals surface area contributed by atoms with Crippen molar-refractivity contribution < 1.29 is 22.7 Å². The standard InChI is InChI=1S/C21H28N2O5S/c1-4-14-23(15-5-2)29(25,26)18-12-10-17(11-13-18)22-21(24)16-28-20-9-7-6-8-19(20)27-3/h6-13H,4-5,14-16H2,1-3H3,(H,22,24). The fourth-order valence-electron chi connectivity index (χ4n) is 2.79. The minimum atomic E-state index is -3.54. The van der Waals surface area contributed by atoms with Crippen LogP contribution in [0.3, 0.4) is 0 Å². The highest BCUT2D eigenvalue weighted by Crippen LogP contribution is 2.25. The Kier molecular flexibility index (Phi) is 8.48. The van der Waals surface area contributed by atoms with Gasteiger partial charge in [-0.15, -0.1) is 0 Å². The number of hydrogen-bond donors (Lipinski definition) is 1. The first-order valence-electron chi connectivity index (χ1n) is 9.58. The summed E-state index contributed by atoms with van der Waals surface area (Å²) in [5, 5.41) is 2.69. The number of carbonyl (C=O) groups is 1. The first-order valence-corrected chi connectivity index (χ1v) is 11.0. The number of methoxy groups -OCH3 is 1. The molecule has 2 aromatic rings. The maximum Gasteiger partial charge on any atom is 0.262 e. The second kappa shape index (κ2) is 10.8. The molecule has 0 heterocycles. The number of nitrogens with zero attached hydrogens (tertiary/aromatic N) is 1. The Morgan fingerprint density at radius 2 is 1.55 bits per heavy atom. The molecule has 8 heteroatoms. The molecule has 0 atom stereocenters. The number of sulfonamides is 1. The van der Waals surface area contributed by atoms with E-state index in [2.05, 4.69) is 5.32 Å². The van der Waals surface area contributed by atoms with Crippen LogP contribution >= 0.6 is 0 Å². The van der Waals surface area contributed by atoms with Crippen molar-refractivity contribution in [2.24, 2.45) is 0 Å². The number of para-hydroxylation sites is 2. The quantitative estimate of drug-likeness (QED) is 0.601. The van der Waals surface area contributed by atoms with Crippen molar-refractivity contribution in [3.8, 4) is 11.5 Å².